The van der Waals surface area contributed by atoms with Crippen LogP contribution in [0.25, 0.3) is 11.5 Å². The Balaban J connectivity index is 2.46. The van der Waals surface area contributed by atoms with Gasteiger partial charge in [-0.05, 0) is 23.8 Å². The van der Waals surface area contributed by atoms with Gasteiger partial charge in [-0.1, -0.05) is 5.16 Å². The summed E-state index contributed by atoms with van der Waals surface area (Å²) in [5.41, 5.74) is 2.17. The van der Waals surface area contributed by atoms with Crippen LogP contribution < -0.4 is 0 Å². The molecular formula is C11H9N3O2. The zero-order chi connectivity index (χ0) is 11.4. The molecule has 0 aliphatic rings. The Morgan fingerprint density at radius 2 is 2.31 bits per heavy atom. The van der Waals surface area contributed by atoms with Gasteiger partial charge >= 0.3 is 0 Å². The third kappa shape index (κ3) is 2.07. The summed E-state index contributed by atoms with van der Waals surface area (Å²) in [6.07, 6.45) is 1.32. The van der Waals surface area contributed by atoms with Gasteiger partial charge in [0.2, 0.25) is 0 Å². The normalized spacial score (nSPS) is 10.0. The average molecular weight is 215 g/mol. The molecule has 1 aromatic heterocycles. The minimum atomic E-state index is 0.398. The van der Waals surface area contributed by atoms with Gasteiger partial charge in [-0.2, -0.15) is 10.2 Å². The fourth-order valence-corrected chi connectivity index (χ4v) is 1.43. The van der Waals surface area contributed by atoms with E-state index >= 15 is 0 Å². The summed E-state index contributed by atoms with van der Waals surface area (Å²) in [6, 6.07) is 7.41. The van der Waals surface area contributed by atoms with E-state index in [0.717, 1.165) is 11.1 Å². The van der Waals surface area contributed by atoms with Crippen molar-refractivity contribution in [3.8, 4) is 17.5 Å². The lowest BCUT2D eigenvalue weighted by atomic mass is 10.1. The molecule has 2 aromatic rings. The molecule has 5 heteroatoms. The lowest BCUT2D eigenvalue weighted by Gasteiger charge is -2.02. The first kappa shape index (κ1) is 10.3. The van der Waals surface area contributed by atoms with Crippen LogP contribution in [0.4, 0.5) is 0 Å². The summed E-state index contributed by atoms with van der Waals surface area (Å²) >= 11 is 0. The maximum atomic E-state index is 8.89. The Kier molecular flexibility index (Phi) is 2.94. The Bertz CT molecular complexity index is 515. The molecule has 0 saturated heterocycles. The van der Waals surface area contributed by atoms with E-state index in [2.05, 4.69) is 16.2 Å². The number of hydrogen-bond donors (Lipinski definition) is 0. The molecule has 0 amide bonds. The van der Waals surface area contributed by atoms with Crippen LogP contribution in [0.2, 0.25) is 0 Å². The van der Waals surface area contributed by atoms with E-state index in [1.165, 1.54) is 6.33 Å². The third-order valence-corrected chi connectivity index (χ3v) is 2.04. The van der Waals surface area contributed by atoms with Crippen molar-refractivity contribution < 1.29 is 9.26 Å². The molecule has 0 aliphatic heterocycles. The molecule has 2 rings (SSSR count). The zero-order valence-corrected chi connectivity index (χ0v) is 8.67. The number of ether oxygens (including phenoxy) is 1. The van der Waals surface area contributed by atoms with E-state index in [4.69, 9.17) is 14.5 Å². The van der Waals surface area contributed by atoms with Crippen LogP contribution >= 0.6 is 0 Å². The van der Waals surface area contributed by atoms with Crippen LogP contribution in [0.1, 0.15) is 11.1 Å². The third-order valence-electron chi connectivity index (χ3n) is 2.04. The van der Waals surface area contributed by atoms with Crippen molar-refractivity contribution in [3.63, 3.8) is 0 Å². The van der Waals surface area contributed by atoms with Gasteiger partial charge in [-0.15, -0.1) is 0 Å². The van der Waals surface area contributed by atoms with Crippen LogP contribution in [0, 0.1) is 11.3 Å². The molecule has 0 N–H and O–H groups in total. The number of nitriles is 1. The monoisotopic (exact) mass is 215 g/mol. The molecule has 0 spiro atoms. The Hall–Kier alpha value is -2.19. The van der Waals surface area contributed by atoms with Crippen molar-refractivity contribution in [1.82, 2.24) is 10.1 Å². The Labute approximate surface area is 92.3 Å². The standard InChI is InChI=1S/C11H9N3O2/c1-15-6-9-2-8(5-12)3-10(4-9)11-13-7-14-16-11/h2-4,7H,6H2,1H3. The van der Waals surface area contributed by atoms with E-state index in [1.807, 2.05) is 6.07 Å². The van der Waals surface area contributed by atoms with E-state index in [0.29, 0.717) is 18.1 Å². The second kappa shape index (κ2) is 4.55. The van der Waals surface area contributed by atoms with Gasteiger partial charge in [-0.25, -0.2) is 0 Å². The summed E-state index contributed by atoms with van der Waals surface area (Å²) in [4.78, 5) is 3.94. The number of rotatable bonds is 3. The number of methoxy groups -OCH3 is 1. The molecule has 16 heavy (non-hydrogen) atoms. The highest BCUT2D eigenvalue weighted by Crippen LogP contribution is 2.20. The highest BCUT2D eigenvalue weighted by molar-refractivity contribution is 5.57. The number of benzene rings is 1. The fourth-order valence-electron chi connectivity index (χ4n) is 1.43. The molecule has 80 valence electrons. The van der Waals surface area contributed by atoms with E-state index in [-0.39, 0.29) is 0 Å². The SMILES string of the molecule is COCc1cc(C#N)cc(-c2ncno2)c1. The molecule has 0 bridgehead atoms. The quantitative estimate of drug-likeness (QED) is 0.779. The summed E-state index contributed by atoms with van der Waals surface area (Å²) in [7, 11) is 1.60. The van der Waals surface area contributed by atoms with Crippen LogP contribution in [-0.2, 0) is 11.3 Å². The van der Waals surface area contributed by atoms with Crippen LogP contribution in [0.15, 0.2) is 29.0 Å². The van der Waals surface area contributed by atoms with Crippen molar-refractivity contribution in [3.05, 3.63) is 35.7 Å². The summed E-state index contributed by atoms with van der Waals surface area (Å²) in [5, 5.41) is 12.4. The topological polar surface area (TPSA) is 71.9 Å². The minimum Gasteiger partial charge on any atom is -0.380 e. The number of nitrogens with zero attached hydrogens (tertiary/aromatic N) is 3. The molecule has 1 heterocycles. The average Bonchev–Trinajstić information content (AvgIpc) is 2.82. The van der Waals surface area contributed by atoms with Gasteiger partial charge in [0.15, 0.2) is 6.33 Å². The highest BCUT2D eigenvalue weighted by Gasteiger charge is 2.07. The first-order chi connectivity index (χ1) is 7.83. The van der Waals surface area contributed by atoms with Crippen molar-refractivity contribution in [2.75, 3.05) is 7.11 Å². The first-order valence-corrected chi connectivity index (χ1v) is 4.63. The summed E-state index contributed by atoms with van der Waals surface area (Å²) in [5.74, 6) is 0.398. The fraction of sp³-hybridized carbons (Fsp3) is 0.182. The molecule has 0 saturated carbocycles. The second-order valence-corrected chi connectivity index (χ2v) is 3.21. The van der Waals surface area contributed by atoms with Gasteiger partial charge in [0, 0.05) is 12.7 Å². The van der Waals surface area contributed by atoms with Gasteiger partial charge in [0.25, 0.3) is 5.89 Å². The molecule has 1 aromatic carbocycles. The van der Waals surface area contributed by atoms with Gasteiger partial charge in [-0.3, -0.25) is 0 Å². The molecular weight excluding hydrogens is 206 g/mol. The number of aromatic nitrogens is 2. The maximum Gasteiger partial charge on any atom is 0.257 e. The van der Waals surface area contributed by atoms with Crippen LogP contribution in [0.3, 0.4) is 0 Å². The summed E-state index contributed by atoms with van der Waals surface area (Å²) in [6.45, 7) is 0.441. The van der Waals surface area contributed by atoms with Crippen LogP contribution in [-0.4, -0.2) is 17.3 Å². The van der Waals surface area contributed by atoms with Crippen molar-refractivity contribution in [1.29, 1.82) is 5.26 Å². The molecule has 0 fully saturated rings. The predicted molar refractivity (Wildman–Crippen MR) is 55.2 cm³/mol. The molecule has 0 aliphatic carbocycles. The highest BCUT2D eigenvalue weighted by atomic mass is 16.5. The Morgan fingerprint density at radius 3 is 2.94 bits per heavy atom. The number of hydrogen-bond acceptors (Lipinski definition) is 5. The second-order valence-electron chi connectivity index (χ2n) is 3.21. The van der Waals surface area contributed by atoms with Gasteiger partial charge in [0.05, 0.1) is 18.2 Å². The lowest BCUT2D eigenvalue weighted by molar-refractivity contribution is 0.185. The van der Waals surface area contributed by atoms with E-state index < -0.39 is 0 Å². The maximum absolute atomic E-state index is 8.89. The van der Waals surface area contributed by atoms with Gasteiger partial charge in [0.1, 0.15) is 0 Å². The van der Waals surface area contributed by atoms with Gasteiger partial charge < -0.3 is 9.26 Å². The largest absolute Gasteiger partial charge is 0.380 e. The van der Waals surface area contributed by atoms with Crippen molar-refractivity contribution in [2.24, 2.45) is 0 Å². The van der Waals surface area contributed by atoms with Crippen LogP contribution in [0.5, 0.6) is 0 Å². The van der Waals surface area contributed by atoms with Crippen molar-refractivity contribution in [2.45, 2.75) is 6.61 Å². The van der Waals surface area contributed by atoms with E-state index in [1.54, 1.807) is 19.2 Å². The lowest BCUT2D eigenvalue weighted by Crippen LogP contribution is -1.90. The van der Waals surface area contributed by atoms with Crippen molar-refractivity contribution >= 4 is 0 Å². The van der Waals surface area contributed by atoms with E-state index in [9.17, 15) is 0 Å². The molecule has 0 unspecified atom stereocenters. The smallest absolute Gasteiger partial charge is 0.257 e. The zero-order valence-electron chi connectivity index (χ0n) is 8.67. The predicted octanol–water partition coefficient (Wildman–Crippen LogP) is 1.75. The first-order valence-electron chi connectivity index (χ1n) is 4.63. The molecule has 5 nitrogen and oxygen atoms in total. The molecule has 0 radical (unpaired) electrons. The minimum absolute atomic E-state index is 0.398. The summed E-state index contributed by atoms with van der Waals surface area (Å²) < 4.78 is 9.96. The Morgan fingerprint density at radius 1 is 1.44 bits per heavy atom. The molecule has 0 atom stereocenters.